The summed E-state index contributed by atoms with van der Waals surface area (Å²) in [5.41, 5.74) is 2.22. The highest BCUT2D eigenvalue weighted by molar-refractivity contribution is 5.88. The Morgan fingerprint density at radius 2 is 1.95 bits per heavy atom. The number of anilines is 1. The zero-order valence-electron chi connectivity index (χ0n) is 12.5. The van der Waals surface area contributed by atoms with Crippen molar-refractivity contribution < 1.29 is 4.79 Å². The van der Waals surface area contributed by atoms with Crippen LogP contribution in [0.1, 0.15) is 38.3 Å². The van der Waals surface area contributed by atoms with Gasteiger partial charge in [0.25, 0.3) is 0 Å². The minimum Gasteiger partial charge on any atom is -0.326 e. The van der Waals surface area contributed by atoms with E-state index in [4.69, 9.17) is 0 Å². The molecule has 4 nitrogen and oxygen atoms in total. The summed E-state index contributed by atoms with van der Waals surface area (Å²) in [6, 6.07) is 8.79. The molecule has 1 aliphatic rings. The molecule has 1 aromatic carbocycles. The Balaban J connectivity index is 2.09. The van der Waals surface area contributed by atoms with Crippen LogP contribution in [0, 0.1) is 0 Å². The molecule has 4 heteroatoms. The van der Waals surface area contributed by atoms with Gasteiger partial charge in [-0.05, 0) is 24.1 Å². The van der Waals surface area contributed by atoms with Crippen molar-refractivity contribution in [2.75, 3.05) is 31.5 Å². The molecule has 0 spiro atoms. The van der Waals surface area contributed by atoms with E-state index in [1.165, 1.54) is 25.3 Å². The molecule has 0 aromatic heterocycles. The summed E-state index contributed by atoms with van der Waals surface area (Å²) >= 11 is 0. The van der Waals surface area contributed by atoms with Crippen molar-refractivity contribution >= 4 is 11.6 Å². The fourth-order valence-corrected chi connectivity index (χ4v) is 2.82. The summed E-state index contributed by atoms with van der Waals surface area (Å²) in [4.78, 5) is 13.6. The molecule has 0 bridgehead atoms. The lowest BCUT2D eigenvalue weighted by atomic mass is 9.99. The minimum absolute atomic E-state index is 0.0232. The van der Waals surface area contributed by atoms with Gasteiger partial charge in [0.15, 0.2) is 0 Å². The standard InChI is InChI=1S/C16H25N3O/c1-3-4-16(19-11-9-17-10-12-19)14-5-7-15(8-6-14)18-13(2)20/h5-8,16-17H,3-4,9-12H2,1-2H3,(H,18,20)/t16-/m0/s1. The zero-order valence-corrected chi connectivity index (χ0v) is 12.5. The lowest BCUT2D eigenvalue weighted by Gasteiger charge is -2.35. The number of nitrogens with zero attached hydrogens (tertiary/aromatic N) is 1. The maximum Gasteiger partial charge on any atom is 0.221 e. The maximum atomic E-state index is 11.1. The number of carbonyl (C=O) groups is 1. The van der Waals surface area contributed by atoms with Crippen LogP contribution in [0.15, 0.2) is 24.3 Å². The molecule has 1 amide bonds. The molecular formula is C16H25N3O. The van der Waals surface area contributed by atoms with Crippen LogP contribution in [0.5, 0.6) is 0 Å². The van der Waals surface area contributed by atoms with Gasteiger partial charge in [-0.2, -0.15) is 0 Å². The smallest absolute Gasteiger partial charge is 0.221 e. The van der Waals surface area contributed by atoms with Crippen molar-refractivity contribution in [3.05, 3.63) is 29.8 Å². The molecule has 1 saturated heterocycles. The van der Waals surface area contributed by atoms with Gasteiger partial charge in [-0.1, -0.05) is 25.5 Å². The first kappa shape index (κ1) is 15.0. The molecule has 20 heavy (non-hydrogen) atoms. The lowest BCUT2D eigenvalue weighted by molar-refractivity contribution is -0.114. The lowest BCUT2D eigenvalue weighted by Crippen LogP contribution is -2.45. The number of nitrogens with one attached hydrogen (secondary N) is 2. The fraction of sp³-hybridized carbons (Fsp3) is 0.562. The molecule has 0 aliphatic carbocycles. The molecule has 0 radical (unpaired) electrons. The van der Waals surface area contributed by atoms with Crippen molar-refractivity contribution in [3.8, 4) is 0 Å². The van der Waals surface area contributed by atoms with Crippen molar-refractivity contribution in [2.45, 2.75) is 32.7 Å². The van der Waals surface area contributed by atoms with E-state index in [1.807, 2.05) is 12.1 Å². The van der Waals surface area contributed by atoms with E-state index in [1.54, 1.807) is 0 Å². The maximum absolute atomic E-state index is 11.1. The molecule has 1 atom stereocenters. The van der Waals surface area contributed by atoms with Gasteiger partial charge in [-0.25, -0.2) is 0 Å². The van der Waals surface area contributed by atoms with Gasteiger partial charge in [0, 0.05) is 44.8 Å². The van der Waals surface area contributed by atoms with E-state index in [-0.39, 0.29) is 5.91 Å². The predicted molar refractivity (Wildman–Crippen MR) is 82.8 cm³/mol. The third kappa shape index (κ3) is 4.05. The molecule has 1 heterocycles. The molecule has 0 unspecified atom stereocenters. The van der Waals surface area contributed by atoms with Crippen molar-refractivity contribution in [1.82, 2.24) is 10.2 Å². The average Bonchev–Trinajstić information content (AvgIpc) is 2.46. The van der Waals surface area contributed by atoms with Crippen molar-refractivity contribution in [2.24, 2.45) is 0 Å². The van der Waals surface area contributed by atoms with E-state index in [0.29, 0.717) is 6.04 Å². The highest BCUT2D eigenvalue weighted by atomic mass is 16.1. The molecule has 1 aromatic rings. The van der Waals surface area contributed by atoms with Crippen LogP contribution < -0.4 is 10.6 Å². The third-order valence-electron chi connectivity index (χ3n) is 3.77. The van der Waals surface area contributed by atoms with E-state index >= 15 is 0 Å². The van der Waals surface area contributed by atoms with Crippen molar-refractivity contribution in [1.29, 1.82) is 0 Å². The predicted octanol–water partition coefficient (Wildman–Crippen LogP) is 2.39. The van der Waals surface area contributed by atoms with E-state index in [9.17, 15) is 4.79 Å². The minimum atomic E-state index is -0.0232. The van der Waals surface area contributed by atoms with Gasteiger partial charge >= 0.3 is 0 Å². The topological polar surface area (TPSA) is 44.4 Å². The Morgan fingerprint density at radius 1 is 1.30 bits per heavy atom. The number of carbonyl (C=O) groups excluding carboxylic acids is 1. The first-order chi connectivity index (χ1) is 9.70. The first-order valence-corrected chi connectivity index (χ1v) is 7.53. The van der Waals surface area contributed by atoms with E-state index < -0.39 is 0 Å². The molecule has 0 saturated carbocycles. The van der Waals surface area contributed by atoms with Crippen LogP contribution in [0.2, 0.25) is 0 Å². The number of hydrogen-bond donors (Lipinski definition) is 2. The Labute approximate surface area is 121 Å². The quantitative estimate of drug-likeness (QED) is 0.867. The Morgan fingerprint density at radius 3 is 2.50 bits per heavy atom. The molecular weight excluding hydrogens is 250 g/mol. The Kier molecular flexibility index (Phi) is 5.56. The molecule has 2 N–H and O–H groups in total. The third-order valence-corrected chi connectivity index (χ3v) is 3.77. The second kappa shape index (κ2) is 7.41. The summed E-state index contributed by atoms with van der Waals surface area (Å²) in [7, 11) is 0. The van der Waals surface area contributed by atoms with Crippen LogP contribution in [0.3, 0.4) is 0 Å². The average molecular weight is 275 g/mol. The van der Waals surface area contributed by atoms with Crippen LogP contribution in [-0.4, -0.2) is 37.0 Å². The van der Waals surface area contributed by atoms with Gasteiger partial charge in [0.05, 0.1) is 0 Å². The largest absolute Gasteiger partial charge is 0.326 e. The summed E-state index contributed by atoms with van der Waals surface area (Å²) < 4.78 is 0. The highest BCUT2D eigenvalue weighted by Gasteiger charge is 2.21. The van der Waals surface area contributed by atoms with Gasteiger partial charge in [-0.15, -0.1) is 0 Å². The van der Waals surface area contributed by atoms with Gasteiger partial charge in [0.1, 0.15) is 0 Å². The van der Waals surface area contributed by atoms with Crippen LogP contribution in [0.25, 0.3) is 0 Å². The molecule has 1 fully saturated rings. The zero-order chi connectivity index (χ0) is 14.4. The van der Waals surface area contributed by atoms with Crippen LogP contribution in [-0.2, 0) is 4.79 Å². The second-order valence-electron chi connectivity index (χ2n) is 5.39. The summed E-state index contributed by atoms with van der Waals surface area (Å²) in [6.45, 7) is 8.14. The van der Waals surface area contributed by atoms with E-state index in [0.717, 1.165) is 31.9 Å². The SMILES string of the molecule is CCC[C@@H](c1ccc(NC(C)=O)cc1)N1CCNCC1. The number of rotatable bonds is 5. The molecule has 110 valence electrons. The Hall–Kier alpha value is -1.39. The number of benzene rings is 1. The first-order valence-electron chi connectivity index (χ1n) is 7.53. The monoisotopic (exact) mass is 275 g/mol. The Bertz CT molecular complexity index is 424. The van der Waals surface area contributed by atoms with Gasteiger partial charge in [-0.3, -0.25) is 9.69 Å². The van der Waals surface area contributed by atoms with E-state index in [2.05, 4.69) is 34.6 Å². The highest BCUT2D eigenvalue weighted by Crippen LogP contribution is 2.27. The number of piperazine rings is 1. The summed E-state index contributed by atoms with van der Waals surface area (Å²) in [6.07, 6.45) is 2.36. The van der Waals surface area contributed by atoms with Crippen molar-refractivity contribution in [3.63, 3.8) is 0 Å². The number of amides is 1. The second-order valence-corrected chi connectivity index (χ2v) is 5.39. The van der Waals surface area contributed by atoms with Crippen LogP contribution in [0.4, 0.5) is 5.69 Å². The molecule has 2 rings (SSSR count). The fourth-order valence-electron chi connectivity index (χ4n) is 2.82. The van der Waals surface area contributed by atoms with Crippen LogP contribution >= 0.6 is 0 Å². The normalized spacial score (nSPS) is 17.7. The molecule has 1 aliphatic heterocycles. The van der Waals surface area contributed by atoms with Gasteiger partial charge in [0.2, 0.25) is 5.91 Å². The van der Waals surface area contributed by atoms with Gasteiger partial charge < -0.3 is 10.6 Å². The summed E-state index contributed by atoms with van der Waals surface area (Å²) in [5.74, 6) is -0.0232. The summed E-state index contributed by atoms with van der Waals surface area (Å²) in [5, 5.41) is 6.22. The number of hydrogen-bond acceptors (Lipinski definition) is 3.